The Morgan fingerprint density at radius 3 is 2.16 bits per heavy atom. The van der Waals surface area contributed by atoms with Gasteiger partial charge >= 0.3 is 0 Å². The van der Waals surface area contributed by atoms with Crippen LogP contribution in [0.1, 0.15) is 45.2 Å². The Bertz CT molecular complexity index is 437. The molecule has 1 N–H and O–H groups in total. The molecular weight excluding hydrogens is 268 g/mol. The van der Waals surface area contributed by atoms with E-state index in [-0.39, 0.29) is 6.04 Å². The third-order valence-corrected chi connectivity index (χ3v) is 4.71. The molecular formula is C14H19F2NOS. The predicted octanol–water partition coefficient (Wildman–Crippen LogP) is 3.47. The molecule has 1 aliphatic carbocycles. The van der Waals surface area contributed by atoms with Crippen molar-refractivity contribution in [2.75, 3.05) is 0 Å². The van der Waals surface area contributed by atoms with Gasteiger partial charge in [0, 0.05) is 17.4 Å². The minimum absolute atomic E-state index is 0.245. The van der Waals surface area contributed by atoms with Crippen molar-refractivity contribution in [3.63, 3.8) is 0 Å². The minimum atomic E-state index is -1.26. The Hall–Kier alpha value is -0.650. The summed E-state index contributed by atoms with van der Waals surface area (Å²) in [6.45, 7) is 5.60. The van der Waals surface area contributed by atoms with Crippen LogP contribution < -0.4 is 4.72 Å². The lowest BCUT2D eigenvalue weighted by Crippen LogP contribution is -2.41. The first-order valence-electron chi connectivity index (χ1n) is 6.41. The van der Waals surface area contributed by atoms with Crippen molar-refractivity contribution in [3.8, 4) is 0 Å². The number of halogens is 2. The molecule has 19 heavy (non-hydrogen) atoms. The zero-order chi connectivity index (χ0) is 14.2. The molecule has 0 heterocycles. The van der Waals surface area contributed by atoms with E-state index in [2.05, 4.69) is 4.72 Å². The SMILES string of the molecule is CC(C)(C)[S@+]([O-])NC(c1cc(F)cc(F)c1)C1CC1. The molecule has 1 saturated carbocycles. The lowest BCUT2D eigenvalue weighted by Gasteiger charge is -2.28. The van der Waals surface area contributed by atoms with Crippen LogP contribution in [0.25, 0.3) is 0 Å². The van der Waals surface area contributed by atoms with Crippen molar-refractivity contribution >= 4 is 11.4 Å². The summed E-state index contributed by atoms with van der Waals surface area (Å²) in [5.74, 6) is -0.875. The molecule has 0 saturated heterocycles. The van der Waals surface area contributed by atoms with Gasteiger partial charge in [0.15, 0.2) is 0 Å². The van der Waals surface area contributed by atoms with Crippen LogP contribution in [0, 0.1) is 17.6 Å². The lowest BCUT2D eigenvalue weighted by molar-refractivity contribution is 0.498. The van der Waals surface area contributed by atoms with Gasteiger partial charge in [-0.15, -0.1) is 4.72 Å². The van der Waals surface area contributed by atoms with Crippen LogP contribution in [-0.2, 0) is 11.4 Å². The summed E-state index contributed by atoms with van der Waals surface area (Å²) in [5.41, 5.74) is 0.539. The Morgan fingerprint density at radius 1 is 1.21 bits per heavy atom. The van der Waals surface area contributed by atoms with E-state index >= 15 is 0 Å². The second-order valence-corrected chi connectivity index (χ2v) is 8.01. The number of rotatable bonds is 4. The highest BCUT2D eigenvalue weighted by molar-refractivity contribution is 7.90. The van der Waals surface area contributed by atoms with E-state index in [0.717, 1.165) is 18.9 Å². The molecule has 1 aliphatic rings. The van der Waals surface area contributed by atoms with Crippen molar-refractivity contribution in [2.24, 2.45) is 5.92 Å². The topological polar surface area (TPSA) is 35.1 Å². The molecule has 2 nitrogen and oxygen atoms in total. The Kier molecular flexibility index (Phi) is 4.18. The standard InChI is InChI=1S/C14H19F2NOS/c1-14(2,3)19(18)17-13(9-4-5-9)10-6-11(15)8-12(16)7-10/h6-9,13,17H,4-5H2,1-3H3/t13?,19-/m0/s1. The molecule has 1 aromatic rings. The normalized spacial score (nSPS) is 19.3. The third kappa shape index (κ3) is 3.91. The fourth-order valence-electron chi connectivity index (χ4n) is 1.91. The first kappa shape index (κ1) is 14.8. The van der Waals surface area contributed by atoms with Crippen molar-refractivity contribution in [1.82, 2.24) is 4.72 Å². The molecule has 2 rings (SSSR count). The van der Waals surface area contributed by atoms with Crippen LogP contribution in [0.5, 0.6) is 0 Å². The minimum Gasteiger partial charge on any atom is -0.598 e. The van der Waals surface area contributed by atoms with E-state index in [1.165, 1.54) is 12.1 Å². The number of benzene rings is 1. The summed E-state index contributed by atoms with van der Waals surface area (Å²) in [7, 11) is 0. The van der Waals surface area contributed by atoms with Crippen LogP contribution >= 0.6 is 0 Å². The predicted molar refractivity (Wildman–Crippen MR) is 72.9 cm³/mol. The van der Waals surface area contributed by atoms with Crippen LogP contribution in [-0.4, -0.2) is 9.30 Å². The zero-order valence-electron chi connectivity index (χ0n) is 11.4. The van der Waals surface area contributed by atoms with Crippen molar-refractivity contribution in [1.29, 1.82) is 0 Å². The summed E-state index contributed by atoms with van der Waals surface area (Å²) in [6.07, 6.45) is 1.99. The number of nitrogens with one attached hydrogen (secondary N) is 1. The summed E-state index contributed by atoms with van der Waals surface area (Å²) < 4.78 is 41.4. The Labute approximate surface area is 115 Å². The monoisotopic (exact) mass is 287 g/mol. The Morgan fingerprint density at radius 2 is 1.74 bits per heavy atom. The maximum Gasteiger partial charge on any atom is 0.136 e. The molecule has 5 heteroatoms. The zero-order valence-corrected chi connectivity index (χ0v) is 12.2. The summed E-state index contributed by atoms with van der Waals surface area (Å²) in [4.78, 5) is 0. The average Bonchev–Trinajstić information content (AvgIpc) is 3.06. The van der Waals surface area contributed by atoms with Crippen LogP contribution in [0.2, 0.25) is 0 Å². The van der Waals surface area contributed by atoms with Gasteiger partial charge in [-0.25, -0.2) is 8.78 Å². The van der Waals surface area contributed by atoms with E-state index in [4.69, 9.17) is 0 Å². The fourth-order valence-corrected chi connectivity index (χ4v) is 2.83. The molecule has 0 amide bonds. The van der Waals surface area contributed by atoms with Gasteiger partial charge < -0.3 is 4.55 Å². The van der Waals surface area contributed by atoms with Crippen LogP contribution in [0.4, 0.5) is 8.78 Å². The van der Waals surface area contributed by atoms with Gasteiger partial charge in [0.25, 0.3) is 0 Å². The maximum absolute atomic E-state index is 13.3. The van der Waals surface area contributed by atoms with Gasteiger partial charge in [-0.3, -0.25) is 0 Å². The van der Waals surface area contributed by atoms with E-state index in [1.54, 1.807) is 0 Å². The fraction of sp³-hybridized carbons (Fsp3) is 0.571. The van der Waals surface area contributed by atoms with Gasteiger partial charge in [-0.05, 0) is 57.2 Å². The highest BCUT2D eigenvalue weighted by Crippen LogP contribution is 2.42. The second kappa shape index (κ2) is 5.38. The van der Waals surface area contributed by atoms with Gasteiger partial charge in [0.2, 0.25) is 0 Å². The molecule has 0 aromatic heterocycles. The number of hydrogen-bond acceptors (Lipinski definition) is 2. The van der Waals surface area contributed by atoms with Gasteiger partial charge in [0.1, 0.15) is 16.4 Å². The van der Waals surface area contributed by atoms with E-state index < -0.39 is 27.7 Å². The van der Waals surface area contributed by atoms with Crippen molar-refractivity contribution < 1.29 is 13.3 Å². The van der Waals surface area contributed by atoms with E-state index in [1.807, 2.05) is 20.8 Å². The molecule has 0 radical (unpaired) electrons. The molecule has 2 atom stereocenters. The highest BCUT2D eigenvalue weighted by Gasteiger charge is 2.38. The van der Waals surface area contributed by atoms with E-state index in [0.29, 0.717) is 11.5 Å². The molecule has 0 spiro atoms. The Balaban J connectivity index is 2.20. The lowest BCUT2D eigenvalue weighted by atomic mass is 10.0. The largest absolute Gasteiger partial charge is 0.598 e. The molecule has 1 fully saturated rings. The quantitative estimate of drug-likeness (QED) is 0.861. The van der Waals surface area contributed by atoms with Crippen molar-refractivity contribution in [3.05, 3.63) is 35.4 Å². The smallest absolute Gasteiger partial charge is 0.136 e. The molecule has 0 bridgehead atoms. The molecule has 1 aromatic carbocycles. The third-order valence-electron chi connectivity index (χ3n) is 3.13. The van der Waals surface area contributed by atoms with Crippen LogP contribution in [0.3, 0.4) is 0 Å². The summed E-state index contributed by atoms with van der Waals surface area (Å²) in [6, 6.07) is 3.25. The van der Waals surface area contributed by atoms with Gasteiger partial charge in [0.05, 0.1) is 6.04 Å². The molecule has 0 aliphatic heterocycles. The maximum atomic E-state index is 13.3. The van der Waals surface area contributed by atoms with E-state index in [9.17, 15) is 13.3 Å². The summed E-state index contributed by atoms with van der Waals surface area (Å²) in [5, 5.41) is 0. The van der Waals surface area contributed by atoms with Crippen molar-refractivity contribution in [2.45, 2.75) is 44.4 Å². The average molecular weight is 287 g/mol. The number of hydrogen-bond donors (Lipinski definition) is 1. The van der Waals surface area contributed by atoms with Crippen LogP contribution in [0.15, 0.2) is 18.2 Å². The highest BCUT2D eigenvalue weighted by atomic mass is 32.2. The second-order valence-electron chi connectivity index (χ2n) is 6.02. The first-order chi connectivity index (χ1) is 8.77. The summed E-state index contributed by atoms with van der Waals surface area (Å²) >= 11 is -1.26. The molecule has 106 valence electrons. The molecule has 1 unspecified atom stereocenters. The first-order valence-corrected chi connectivity index (χ1v) is 7.56. The van der Waals surface area contributed by atoms with Gasteiger partial charge in [-0.1, -0.05) is 0 Å². The van der Waals surface area contributed by atoms with Gasteiger partial charge in [-0.2, -0.15) is 0 Å².